The van der Waals surface area contributed by atoms with E-state index in [9.17, 15) is 13.2 Å². The second-order valence-electron chi connectivity index (χ2n) is 8.26. The first-order valence-corrected chi connectivity index (χ1v) is 12.3. The second kappa shape index (κ2) is 7.87. The third-order valence-corrected chi connectivity index (χ3v) is 7.10. The normalized spacial score (nSPS) is 16.7. The predicted molar refractivity (Wildman–Crippen MR) is 117 cm³/mol. The zero-order valence-corrected chi connectivity index (χ0v) is 18.2. The van der Waals surface area contributed by atoms with Gasteiger partial charge in [0.2, 0.25) is 5.91 Å². The number of pyridine rings is 1. The van der Waals surface area contributed by atoms with Crippen molar-refractivity contribution in [1.82, 2.24) is 14.3 Å². The number of amides is 1. The summed E-state index contributed by atoms with van der Waals surface area (Å²) in [6, 6.07) is 14.4. The first-order valence-electron chi connectivity index (χ1n) is 10.2. The molecule has 1 amide bonds. The topological polar surface area (TPSA) is 71.8 Å². The van der Waals surface area contributed by atoms with Crippen LogP contribution in [0.4, 0.5) is 0 Å². The number of nitrogens with zero attached hydrogens (tertiary/aromatic N) is 3. The van der Waals surface area contributed by atoms with E-state index in [1.807, 2.05) is 30.5 Å². The Morgan fingerprint density at radius 1 is 1.10 bits per heavy atom. The second-order valence-corrected chi connectivity index (χ2v) is 10.5. The van der Waals surface area contributed by atoms with Crippen molar-refractivity contribution in [1.29, 1.82) is 0 Å². The smallest absolute Gasteiger partial charge is 0.223 e. The van der Waals surface area contributed by atoms with Crippen LogP contribution in [0.15, 0.2) is 54.9 Å². The summed E-state index contributed by atoms with van der Waals surface area (Å²) < 4.78 is 24.9. The van der Waals surface area contributed by atoms with Gasteiger partial charge in [0.05, 0.1) is 11.4 Å². The van der Waals surface area contributed by atoms with E-state index in [2.05, 4.69) is 35.7 Å². The van der Waals surface area contributed by atoms with E-state index in [1.165, 1.54) is 11.8 Å². The molecule has 30 heavy (non-hydrogen) atoms. The van der Waals surface area contributed by atoms with E-state index in [-0.39, 0.29) is 23.5 Å². The highest BCUT2D eigenvalue weighted by Gasteiger charge is 2.40. The van der Waals surface area contributed by atoms with Crippen LogP contribution in [0.1, 0.15) is 36.1 Å². The number of hydrogen-bond donors (Lipinski definition) is 0. The van der Waals surface area contributed by atoms with Crippen LogP contribution in [-0.4, -0.2) is 53.7 Å². The number of aryl methyl sites for hydroxylation is 1. The zero-order chi connectivity index (χ0) is 21.4. The van der Waals surface area contributed by atoms with Crippen LogP contribution in [0.3, 0.4) is 0 Å². The van der Waals surface area contributed by atoms with Crippen molar-refractivity contribution in [3.63, 3.8) is 0 Å². The molecule has 0 radical (unpaired) electrons. The van der Waals surface area contributed by atoms with Crippen molar-refractivity contribution >= 4 is 21.4 Å². The maximum atomic E-state index is 12.6. The number of carbonyl (C=O) groups excluding carboxylic acids is 1. The molecule has 7 heteroatoms. The lowest BCUT2D eigenvalue weighted by Crippen LogP contribution is -2.46. The molecule has 1 saturated heterocycles. The Balaban J connectivity index is 1.64. The molecule has 4 rings (SSSR count). The molecule has 0 atom stereocenters. The number of carbonyl (C=O) groups is 1. The molecule has 1 aromatic carbocycles. The van der Waals surface area contributed by atoms with Crippen LogP contribution in [0, 0.1) is 6.92 Å². The minimum Gasteiger partial charge on any atom is -0.343 e. The van der Waals surface area contributed by atoms with E-state index in [4.69, 9.17) is 4.98 Å². The van der Waals surface area contributed by atoms with Crippen molar-refractivity contribution < 1.29 is 13.2 Å². The van der Waals surface area contributed by atoms with E-state index < -0.39 is 9.84 Å². The van der Waals surface area contributed by atoms with E-state index in [1.54, 1.807) is 4.90 Å². The van der Waals surface area contributed by atoms with Gasteiger partial charge in [-0.1, -0.05) is 36.4 Å². The van der Waals surface area contributed by atoms with Crippen molar-refractivity contribution in [3.05, 3.63) is 71.7 Å². The molecule has 0 aliphatic carbocycles. The largest absolute Gasteiger partial charge is 0.343 e. The van der Waals surface area contributed by atoms with Crippen LogP contribution in [0.25, 0.3) is 5.65 Å². The standard InChI is InChI=1S/C23H27N3O3S/c1-18-7-6-13-26-17-20(24-22(18)26)23(19-8-4-3-5-9-19)11-14-25(15-12-23)21(27)10-16-30(2,28)29/h3-9,13,17H,10-12,14-16H2,1-2H3. The average Bonchev–Trinajstić information content (AvgIpc) is 3.18. The van der Waals surface area contributed by atoms with Crippen LogP contribution in [0.2, 0.25) is 0 Å². The van der Waals surface area contributed by atoms with Gasteiger partial charge in [-0.2, -0.15) is 0 Å². The summed E-state index contributed by atoms with van der Waals surface area (Å²) in [5.74, 6) is -0.189. The molecule has 158 valence electrons. The Bertz CT molecular complexity index is 1160. The number of imidazole rings is 1. The Morgan fingerprint density at radius 3 is 2.43 bits per heavy atom. The monoisotopic (exact) mass is 425 g/mol. The minimum atomic E-state index is -3.15. The van der Waals surface area contributed by atoms with Crippen molar-refractivity contribution in [2.24, 2.45) is 0 Å². The third kappa shape index (κ3) is 3.99. The highest BCUT2D eigenvalue weighted by molar-refractivity contribution is 7.90. The number of likely N-dealkylation sites (tertiary alicyclic amines) is 1. The molecule has 3 aromatic rings. The summed E-state index contributed by atoms with van der Waals surface area (Å²) >= 11 is 0. The molecule has 0 spiro atoms. The number of benzene rings is 1. The van der Waals surface area contributed by atoms with Crippen LogP contribution in [0.5, 0.6) is 0 Å². The van der Waals surface area contributed by atoms with Crippen LogP contribution < -0.4 is 0 Å². The fourth-order valence-corrected chi connectivity index (χ4v) is 4.95. The number of rotatable bonds is 5. The summed E-state index contributed by atoms with van der Waals surface area (Å²) in [5, 5.41) is 0. The van der Waals surface area contributed by atoms with Crippen molar-refractivity contribution in [3.8, 4) is 0 Å². The quantitative estimate of drug-likeness (QED) is 0.630. The molecular weight excluding hydrogens is 398 g/mol. The van der Waals surface area contributed by atoms with Gasteiger partial charge in [0.15, 0.2) is 0 Å². The van der Waals surface area contributed by atoms with Gasteiger partial charge in [-0.05, 0) is 37.0 Å². The van der Waals surface area contributed by atoms with Gasteiger partial charge < -0.3 is 9.30 Å². The van der Waals surface area contributed by atoms with Crippen LogP contribution >= 0.6 is 0 Å². The zero-order valence-electron chi connectivity index (χ0n) is 17.4. The Hall–Kier alpha value is -2.67. The van der Waals surface area contributed by atoms with Gasteiger partial charge in [0.1, 0.15) is 15.5 Å². The summed E-state index contributed by atoms with van der Waals surface area (Å²) in [6.45, 7) is 3.24. The lowest BCUT2D eigenvalue weighted by Gasteiger charge is -2.41. The number of fused-ring (bicyclic) bond motifs is 1. The molecular formula is C23H27N3O3S. The summed E-state index contributed by atoms with van der Waals surface area (Å²) in [7, 11) is -3.15. The van der Waals surface area contributed by atoms with Gasteiger partial charge in [-0.15, -0.1) is 0 Å². The average molecular weight is 426 g/mol. The van der Waals surface area contributed by atoms with Gasteiger partial charge >= 0.3 is 0 Å². The van der Waals surface area contributed by atoms with Crippen LogP contribution in [-0.2, 0) is 20.0 Å². The molecule has 0 bridgehead atoms. The summed E-state index contributed by atoms with van der Waals surface area (Å²) in [4.78, 5) is 19.4. The van der Waals surface area contributed by atoms with Crippen molar-refractivity contribution in [2.75, 3.05) is 25.1 Å². The molecule has 2 aromatic heterocycles. The minimum absolute atomic E-state index is 0.0464. The number of piperidine rings is 1. The Kier molecular flexibility index (Phi) is 5.40. The maximum absolute atomic E-state index is 12.6. The molecule has 1 fully saturated rings. The van der Waals surface area contributed by atoms with E-state index in [0.717, 1.165) is 29.7 Å². The molecule has 0 N–H and O–H groups in total. The van der Waals surface area contributed by atoms with Gasteiger partial charge in [-0.25, -0.2) is 13.4 Å². The molecule has 0 saturated carbocycles. The van der Waals surface area contributed by atoms with Gasteiger partial charge in [0.25, 0.3) is 0 Å². The SMILES string of the molecule is Cc1cccn2cc(C3(c4ccccc4)CCN(C(=O)CCS(C)(=O)=O)CC3)nc12. The summed E-state index contributed by atoms with van der Waals surface area (Å²) in [6.07, 6.45) is 6.85. The first-order chi connectivity index (χ1) is 14.3. The fraction of sp³-hybridized carbons (Fsp3) is 0.391. The molecule has 1 aliphatic rings. The van der Waals surface area contributed by atoms with E-state index in [0.29, 0.717) is 13.1 Å². The van der Waals surface area contributed by atoms with Crippen molar-refractivity contribution in [2.45, 2.75) is 31.6 Å². The lowest BCUT2D eigenvalue weighted by atomic mass is 9.70. The number of sulfone groups is 1. The highest BCUT2D eigenvalue weighted by atomic mass is 32.2. The fourth-order valence-electron chi connectivity index (χ4n) is 4.40. The molecule has 3 heterocycles. The Labute approximate surface area is 177 Å². The lowest BCUT2D eigenvalue weighted by molar-refractivity contribution is -0.132. The Morgan fingerprint density at radius 2 is 1.80 bits per heavy atom. The first kappa shape index (κ1) is 20.6. The van der Waals surface area contributed by atoms with Gasteiger partial charge in [-0.3, -0.25) is 4.79 Å². The predicted octanol–water partition coefficient (Wildman–Crippen LogP) is 2.99. The summed E-state index contributed by atoms with van der Waals surface area (Å²) in [5.41, 5.74) is 4.03. The third-order valence-electron chi connectivity index (χ3n) is 6.15. The maximum Gasteiger partial charge on any atom is 0.223 e. The highest BCUT2D eigenvalue weighted by Crippen LogP contribution is 2.41. The molecule has 0 unspecified atom stereocenters. The molecule has 6 nitrogen and oxygen atoms in total. The molecule has 1 aliphatic heterocycles. The number of hydrogen-bond acceptors (Lipinski definition) is 4. The van der Waals surface area contributed by atoms with Gasteiger partial charge in [0, 0.05) is 43.6 Å². The van der Waals surface area contributed by atoms with E-state index >= 15 is 0 Å². The number of aromatic nitrogens is 2.